The van der Waals surface area contributed by atoms with Crippen LogP contribution in [0.5, 0.6) is 0 Å². The van der Waals surface area contributed by atoms with Crippen molar-refractivity contribution in [3.05, 3.63) is 41.2 Å². The largest absolute Gasteiger partial charge is 0.338 e. The summed E-state index contributed by atoms with van der Waals surface area (Å²) in [6.45, 7) is 5.38. The minimum atomic E-state index is 0.0370. The van der Waals surface area contributed by atoms with Crippen molar-refractivity contribution < 1.29 is 4.79 Å². The summed E-state index contributed by atoms with van der Waals surface area (Å²) < 4.78 is 1.65. The molecule has 1 amide bonds. The van der Waals surface area contributed by atoms with Gasteiger partial charge in [-0.25, -0.2) is 9.97 Å². The van der Waals surface area contributed by atoms with Crippen LogP contribution in [0.4, 0.5) is 0 Å². The Labute approximate surface area is 123 Å². The molecule has 21 heavy (non-hydrogen) atoms. The van der Waals surface area contributed by atoms with Gasteiger partial charge < -0.3 is 4.90 Å². The molecule has 0 saturated carbocycles. The third kappa shape index (κ3) is 2.79. The highest BCUT2D eigenvalue weighted by Crippen LogP contribution is 2.26. The van der Waals surface area contributed by atoms with Gasteiger partial charge in [0.2, 0.25) is 0 Å². The molecule has 0 radical (unpaired) electrons. The van der Waals surface area contributed by atoms with E-state index in [2.05, 4.69) is 15.1 Å². The van der Waals surface area contributed by atoms with Gasteiger partial charge in [-0.05, 0) is 26.3 Å². The number of likely N-dealkylation sites (tertiary alicyclic amines) is 1. The Morgan fingerprint density at radius 2 is 2.00 bits per heavy atom. The van der Waals surface area contributed by atoms with Crippen LogP contribution in [-0.4, -0.2) is 43.6 Å². The maximum Gasteiger partial charge on any atom is 0.257 e. The van der Waals surface area contributed by atoms with E-state index in [-0.39, 0.29) is 11.8 Å². The van der Waals surface area contributed by atoms with Gasteiger partial charge in [-0.3, -0.25) is 9.48 Å². The van der Waals surface area contributed by atoms with Gasteiger partial charge in [0, 0.05) is 43.6 Å². The molecular formula is C15H19N5O. The van der Waals surface area contributed by atoms with Crippen LogP contribution in [0, 0.1) is 13.8 Å². The molecular weight excluding hydrogens is 266 g/mol. The Bertz CT molecular complexity index is 658. The van der Waals surface area contributed by atoms with Crippen molar-refractivity contribution >= 4 is 5.91 Å². The van der Waals surface area contributed by atoms with Gasteiger partial charge in [-0.1, -0.05) is 0 Å². The summed E-state index contributed by atoms with van der Waals surface area (Å²) in [4.78, 5) is 23.3. The minimum absolute atomic E-state index is 0.0370. The zero-order valence-electron chi connectivity index (χ0n) is 12.6. The van der Waals surface area contributed by atoms with E-state index in [1.165, 1.54) is 0 Å². The van der Waals surface area contributed by atoms with Crippen LogP contribution in [0.1, 0.15) is 39.9 Å². The van der Waals surface area contributed by atoms with E-state index in [1.807, 2.05) is 31.9 Å². The molecule has 3 rings (SSSR count). The molecule has 0 bridgehead atoms. The van der Waals surface area contributed by atoms with E-state index in [0.29, 0.717) is 12.1 Å². The van der Waals surface area contributed by atoms with Crippen molar-refractivity contribution in [3.63, 3.8) is 0 Å². The zero-order valence-corrected chi connectivity index (χ0v) is 12.6. The monoisotopic (exact) mass is 285 g/mol. The average molecular weight is 285 g/mol. The maximum atomic E-state index is 12.4. The van der Waals surface area contributed by atoms with Crippen molar-refractivity contribution in [2.45, 2.75) is 26.2 Å². The van der Waals surface area contributed by atoms with E-state index >= 15 is 0 Å². The Kier molecular flexibility index (Phi) is 3.45. The SMILES string of the molecule is Cc1cc(C)nc(C2CCN(C(=O)c3cnn(C)c3)C2)n1. The fourth-order valence-electron chi connectivity index (χ4n) is 2.81. The third-order valence-electron chi connectivity index (χ3n) is 3.79. The summed E-state index contributed by atoms with van der Waals surface area (Å²) in [5.74, 6) is 1.12. The van der Waals surface area contributed by atoms with Crippen LogP contribution >= 0.6 is 0 Å². The molecule has 1 atom stereocenters. The Hall–Kier alpha value is -2.24. The zero-order chi connectivity index (χ0) is 15.0. The lowest BCUT2D eigenvalue weighted by molar-refractivity contribution is 0.0790. The Balaban J connectivity index is 1.74. The van der Waals surface area contributed by atoms with Crippen molar-refractivity contribution in [2.75, 3.05) is 13.1 Å². The first-order valence-electron chi connectivity index (χ1n) is 7.13. The lowest BCUT2D eigenvalue weighted by Crippen LogP contribution is -2.28. The molecule has 1 aliphatic rings. The predicted octanol–water partition coefficient (Wildman–Crippen LogP) is 1.46. The van der Waals surface area contributed by atoms with Crippen molar-refractivity contribution in [1.29, 1.82) is 0 Å². The first kappa shape index (κ1) is 13.7. The standard InChI is InChI=1S/C15H19N5O/c1-10-6-11(2)18-14(17-10)12-4-5-20(9-12)15(21)13-7-16-19(3)8-13/h6-8,12H,4-5,9H2,1-3H3. The molecule has 1 saturated heterocycles. The molecule has 0 N–H and O–H groups in total. The van der Waals surface area contributed by atoms with Crippen molar-refractivity contribution in [3.8, 4) is 0 Å². The smallest absolute Gasteiger partial charge is 0.257 e. The molecule has 0 aliphatic carbocycles. The van der Waals surface area contributed by atoms with Gasteiger partial charge in [0.05, 0.1) is 11.8 Å². The fourth-order valence-corrected chi connectivity index (χ4v) is 2.81. The molecule has 3 heterocycles. The molecule has 2 aromatic heterocycles. The molecule has 110 valence electrons. The van der Waals surface area contributed by atoms with E-state index in [1.54, 1.807) is 17.1 Å². The molecule has 0 aromatic carbocycles. The predicted molar refractivity (Wildman–Crippen MR) is 78.0 cm³/mol. The molecule has 2 aromatic rings. The highest BCUT2D eigenvalue weighted by atomic mass is 16.2. The van der Waals surface area contributed by atoms with Crippen LogP contribution in [0.15, 0.2) is 18.5 Å². The highest BCUT2D eigenvalue weighted by Gasteiger charge is 2.30. The molecule has 0 spiro atoms. The van der Waals surface area contributed by atoms with Gasteiger partial charge in [-0.2, -0.15) is 5.10 Å². The molecule has 1 fully saturated rings. The average Bonchev–Trinajstić information content (AvgIpc) is 3.05. The first-order chi connectivity index (χ1) is 10.0. The van der Waals surface area contributed by atoms with Gasteiger partial charge in [0.1, 0.15) is 5.82 Å². The number of aryl methyl sites for hydroxylation is 3. The lowest BCUT2D eigenvalue weighted by atomic mass is 10.1. The molecule has 1 aliphatic heterocycles. The number of aromatic nitrogens is 4. The summed E-state index contributed by atoms with van der Waals surface area (Å²) in [7, 11) is 1.81. The Morgan fingerprint density at radius 3 is 2.62 bits per heavy atom. The van der Waals surface area contributed by atoms with E-state index < -0.39 is 0 Å². The van der Waals surface area contributed by atoms with Crippen molar-refractivity contribution in [2.24, 2.45) is 7.05 Å². The highest BCUT2D eigenvalue weighted by molar-refractivity contribution is 5.93. The van der Waals surface area contributed by atoms with Gasteiger partial charge in [0.25, 0.3) is 5.91 Å². The fraction of sp³-hybridized carbons (Fsp3) is 0.467. The first-order valence-corrected chi connectivity index (χ1v) is 7.13. The van der Waals surface area contributed by atoms with Crippen LogP contribution in [0.25, 0.3) is 0 Å². The van der Waals surface area contributed by atoms with E-state index in [9.17, 15) is 4.79 Å². The summed E-state index contributed by atoms with van der Waals surface area (Å²) in [6.07, 6.45) is 4.28. The normalized spacial score (nSPS) is 18.2. The lowest BCUT2D eigenvalue weighted by Gasteiger charge is -2.15. The van der Waals surface area contributed by atoms with Gasteiger partial charge in [0.15, 0.2) is 0 Å². The topological polar surface area (TPSA) is 63.9 Å². The number of carbonyl (C=O) groups is 1. The van der Waals surface area contributed by atoms with Crippen LogP contribution < -0.4 is 0 Å². The second-order valence-electron chi connectivity index (χ2n) is 5.65. The number of hydrogen-bond acceptors (Lipinski definition) is 4. The van der Waals surface area contributed by atoms with Crippen LogP contribution in [-0.2, 0) is 7.05 Å². The summed E-state index contributed by atoms with van der Waals surface area (Å²) in [6, 6.07) is 1.97. The maximum absolute atomic E-state index is 12.4. The van der Waals surface area contributed by atoms with E-state index in [0.717, 1.165) is 30.2 Å². The number of hydrogen-bond donors (Lipinski definition) is 0. The summed E-state index contributed by atoms with van der Waals surface area (Å²) >= 11 is 0. The van der Waals surface area contributed by atoms with Crippen LogP contribution in [0.3, 0.4) is 0 Å². The third-order valence-corrected chi connectivity index (χ3v) is 3.79. The van der Waals surface area contributed by atoms with Crippen molar-refractivity contribution in [1.82, 2.24) is 24.6 Å². The quantitative estimate of drug-likeness (QED) is 0.838. The van der Waals surface area contributed by atoms with Gasteiger partial charge >= 0.3 is 0 Å². The van der Waals surface area contributed by atoms with Gasteiger partial charge in [-0.15, -0.1) is 0 Å². The second-order valence-corrected chi connectivity index (χ2v) is 5.65. The minimum Gasteiger partial charge on any atom is -0.338 e. The molecule has 6 heteroatoms. The molecule has 6 nitrogen and oxygen atoms in total. The molecule has 1 unspecified atom stereocenters. The van der Waals surface area contributed by atoms with E-state index in [4.69, 9.17) is 0 Å². The summed E-state index contributed by atoms with van der Waals surface area (Å²) in [5.41, 5.74) is 2.60. The number of carbonyl (C=O) groups excluding carboxylic acids is 1. The number of rotatable bonds is 2. The Morgan fingerprint density at radius 1 is 1.29 bits per heavy atom. The summed E-state index contributed by atoms with van der Waals surface area (Å²) in [5, 5.41) is 4.05. The number of nitrogens with zero attached hydrogens (tertiary/aromatic N) is 5. The number of amides is 1. The van der Waals surface area contributed by atoms with Crippen LogP contribution in [0.2, 0.25) is 0 Å². The second kappa shape index (κ2) is 5.27.